The second-order valence-corrected chi connectivity index (χ2v) is 6.72. The number of anilines is 1. The van der Waals surface area contributed by atoms with Crippen LogP contribution in [0.1, 0.15) is 31.9 Å². The Morgan fingerprint density at radius 2 is 1.80 bits per heavy atom. The van der Waals surface area contributed by atoms with Crippen LogP contribution in [0.5, 0.6) is 5.75 Å². The number of ether oxygens (including phenoxy) is 1. The molecule has 0 aromatic heterocycles. The van der Waals surface area contributed by atoms with Crippen LogP contribution in [0.4, 0.5) is 5.69 Å². The van der Waals surface area contributed by atoms with E-state index >= 15 is 0 Å². The molecule has 0 radical (unpaired) electrons. The fraction of sp³-hybridized carbons (Fsp3) is 0.294. The average Bonchev–Trinajstić information content (AvgIpc) is 2.40. The zero-order valence-corrected chi connectivity index (χ0v) is 13.3. The van der Waals surface area contributed by atoms with Crippen molar-refractivity contribution in [2.45, 2.75) is 31.9 Å². The van der Waals surface area contributed by atoms with Crippen LogP contribution < -0.4 is 10.1 Å². The normalized spacial score (nSPS) is 19.9. The van der Waals surface area contributed by atoms with E-state index in [4.69, 9.17) is 4.74 Å². The summed E-state index contributed by atoms with van der Waals surface area (Å²) >= 11 is 3.47. The number of fused-ring (bicyclic) bond motifs is 1. The van der Waals surface area contributed by atoms with Crippen molar-refractivity contribution >= 4 is 21.6 Å². The Morgan fingerprint density at radius 3 is 2.55 bits per heavy atom. The maximum atomic E-state index is 6.06. The van der Waals surface area contributed by atoms with Gasteiger partial charge in [-0.2, -0.15) is 0 Å². The molecule has 0 aliphatic carbocycles. The van der Waals surface area contributed by atoms with Crippen molar-refractivity contribution in [2.24, 2.45) is 0 Å². The molecule has 1 atom stereocenters. The van der Waals surface area contributed by atoms with Gasteiger partial charge in [0.05, 0.1) is 6.04 Å². The summed E-state index contributed by atoms with van der Waals surface area (Å²) in [7, 11) is 0. The summed E-state index contributed by atoms with van der Waals surface area (Å²) in [4.78, 5) is 0. The molecule has 0 saturated heterocycles. The van der Waals surface area contributed by atoms with Crippen LogP contribution in [0.15, 0.2) is 53.0 Å². The minimum Gasteiger partial charge on any atom is -0.487 e. The highest BCUT2D eigenvalue weighted by atomic mass is 79.9. The van der Waals surface area contributed by atoms with Gasteiger partial charge in [-0.15, -0.1) is 0 Å². The van der Waals surface area contributed by atoms with Gasteiger partial charge in [0, 0.05) is 22.1 Å². The summed E-state index contributed by atoms with van der Waals surface area (Å²) in [5.74, 6) is 0.985. The van der Waals surface area contributed by atoms with Crippen LogP contribution in [-0.2, 0) is 0 Å². The van der Waals surface area contributed by atoms with Gasteiger partial charge in [0.15, 0.2) is 0 Å². The van der Waals surface area contributed by atoms with Gasteiger partial charge in [-0.05, 0) is 44.2 Å². The van der Waals surface area contributed by atoms with E-state index in [1.165, 1.54) is 5.56 Å². The minimum atomic E-state index is -0.151. The molecule has 0 fully saturated rings. The van der Waals surface area contributed by atoms with Crippen molar-refractivity contribution in [2.75, 3.05) is 5.32 Å². The van der Waals surface area contributed by atoms with E-state index in [2.05, 4.69) is 71.5 Å². The molecule has 1 N–H and O–H groups in total. The standard InChI is InChI=1S/C17H18BrNO/c1-17(2)11-15(14-5-3-4-6-16(14)20-17)19-13-9-7-12(18)8-10-13/h3-10,15,19H,11H2,1-2H3. The van der Waals surface area contributed by atoms with Crippen molar-refractivity contribution in [3.63, 3.8) is 0 Å². The Kier molecular flexibility index (Phi) is 3.47. The largest absolute Gasteiger partial charge is 0.487 e. The monoisotopic (exact) mass is 331 g/mol. The second kappa shape index (κ2) is 5.13. The van der Waals surface area contributed by atoms with Gasteiger partial charge in [0.25, 0.3) is 0 Å². The van der Waals surface area contributed by atoms with Gasteiger partial charge in [-0.25, -0.2) is 0 Å². The van der Waals surface area contributed by atoms with Gasteiger partial charge < -0.3 is 10.1 Å². The van der Waals surface area contributed by atoms with Crippen LogP contribution in [0.25, 0.3) is 0 Å². The molecule has 1 aliphatic rings. The Morgan fingerprint density at radius 1 is 1.10 bits per heavy atom. The van der Waals surface area contributed by atoms with Crippen LogP contribution >= 0.6 is 15.9 Å². The maximum Gasteiger partial charge on any atom is 0.125 e. The average molecular weight is 332 g/mol. The highest BCUT2D eigenvalue weighted by molar-refractivity contribution is 9.10. The lowest BCUT2D eigenvalue weighted by Gasteiger charge is -2.38. The lowest BCUT2D eigenvalue weighted by molar-refractivity contribution is 0.0759. The van der Waals surface area contributed by atoms with E-state index in [-0.39, 0.29) is 11.6 Å². The summed E-state index contributed by atoms with van der Waals surface area (Å²) in [6.07, 6.45) is 0.945. The molecule has 3 heteroatoms. The van der Waals surface area contributed by atoms with E-state index < -0.39 is 0 Å². The first-order valence-electron chi connectivity index (χ1n) is 6.84. The first kappa shape index (κ1) is 13.5. The molecule has 1 aliphatic heterocycles. The molecule has 2 nitrogen and oxygen atoms in total. The van der Waals surface area contributed by atoms with Crippen LogP contribution in [0, 0.1) is 0 Å². The number of rotatable bonds is 2. The Labute approximate surface area is 128 Å². The highest BCUT2D eigenvalue weighted by Gasteiger charge is 2.33. The predicted octanol–water partition coefficient (Wildman–Crippen LogP) is 5.16. The van der Waals surface area contributed by atoms with Gasteiger partial charge in [-0.1, -0.05) is 34.1 Å². The molecule has 20 heavy (non-hydrogen) atoms. The molecule has 1 heterocycles. The molecule has 104 valence electrons. The number of hydrogen-bond donors (Lipinski definition) is 1. The molecule has 0 spiro atoms. The second-order valence-electron chi connectivity index (χ2n) is 5.81. The molecule has 2 aromatic rings. The van der Waals surface area contributed by atoms with E-state index in [0.29, 0.717) is 0 Å². The predicted molar refractivity (Wildman–Crippen MR) is 86.3 cm³/mol. The number of benzene rings is 2. The number of hydrogen-bond acceptors (Lipinski definition) is 2. The molecule has 0 bridgehead atoms. The molecule has 0 saturated carbocycles. The van der Waals surface area contributed by atoms with Crippen LogP contribution in [0.3, 0.4) is 0 Å². The Bertz CT molecular complexity index is 607. The van der Waals surface area contributed by atoms with Gasteiger partial charge in [-0.3, -0.25) is 0 Å². The molecule has 2 aromatic carbocycles. The summed E-state index contributed by atoms with van der Waals surface area (Å²) in [6, 6.07) is 16.8. The van der Waals surface area contributed by atoms with Gasteiger partial charge in [0.2, 0.25) is 0 Å². The highest BCUT2D eigenvalue weighted by Crippen LogP contribution is 2.40. The third-order valence-electron chi connectivity index (χ3n) is 3.56. The van der Waals surface area contributed by atoms with E-state index in [1.807, 2.05) is 12.1 Å². The quantitative estimate of drug-likeness (QED) is 0.820. The molecule has 3 rings (SSSR count). The van der Waals surface area contributed by atoms with Crippen molar-refractivity contribution in [3.8, 4) is 5.75 Å². The zero-order valence-electron chi connectivity index (χ0n) is 11.7. The zero-order chi connectivity index (χ0) is 14.2. The molecular formula is C17H18BrNO. The SMILES string of the molecule is CC1(C)CC(Nc2ccc(Br)cc2)c2ccccc2O1. The Balaban J connectivity index is 1.90. The van der Waals surface area contributed by atoms with Crippen molar-refractivity contribution in [3.05, 3.63) is 58.6 Å². The van der Waals surface area contributed by atoms with Crippen molar-refractivity contribution in [1.82, 2.24) is 0 Å². The first-order chi connectivity index (χ1) is 9.53. The topological polar surface area (TPSA) is 21.3 Å². The molecule has 0 amide bonds. The number of nitrogens with one attached hydrogen (secondary N) is 1. The summed E-state index contributed by atoms with van der Waals surface area (Å²) in [6.45, 7) is 4.28. The summed E-state index contributed by atoms with van der Waals surface area (Å²) in [5.41, 5.74) is 2.21. The minimum absolute atomic E-state index is 0.151. The van der Waals surface area contributed by atoms with Crippen LogP contribution in [-0.4, -0.2) is 5.60 Å². The summed E-state index contributed by atoms with van der Waals surface area (Å²) < 4.78 is 7.15. The fourth-order valence-electron chi connectivity index (χ4n) is 2.68. The molecular weight excluding hydrogens is 314 g/mol. The molecule has 1 unspecified atom stereocenters. The fourth-order valence-corrected chi connectivity index (χ4v) is 2.94. The van der Waals surface area contributed by atoms with Crippen molar-refractivity contribution in [1.29, 1.82) is 0 Å². The lowest BCUT2D eigenvalue weighted by atomic mass is 9.89. The van der Waals surface area contributed by atoms with Crippen molar-refractivity contribution < 1.29 is 4.74 Å². The summed E-state index contributed by atoms with van der Waals surface area (Å²) in [5, 5.41) is 3.62. The maximum absolute atomic E-state index is 6.06. The van der Waals surface area contributed by atoms with Gasteiger partial charge >= 0.3 is 0 Å². The lowest BCUT2D eigenvalue weighted by Crippen LogP contribution is -2.37. The number of para-hydroxylation sites is 1. The van der Waals surface area contributed by atoms with E-state index in [1.54, 1.807) is 0 Å². The van der Waals surface area contributed by atoms with E-state index in [9.17, 15) is 0 Å². The Hall–Kier alpha value is -1.48. The number of halogens is 1. The smallest absolute Gasteiger partial charge is 0.125 e. The van der Waals surface area contributed by atoms with E-state index in [0.717, 1.165) is 22.3 Å². The first-order valence-corrected chi connectivity index (χ1v) is 7.63. The third-order valence-corrected chi connectivity index (χ3v) is 4.09. The third kappa shape index (κ3) is 2.83. The van der Waals surface area contributed by atoms with Gasteiger partial charge in [0.1, 0.15) is 11.4 Å². The van der Waals surface area contributed by atoms with Crippen LogP contribution in [0.2, 0.25) is 0 Å².